The molecule has 0 fully saturated rings. The number of allylic oxidation sites excluding steroid dienone is 2. The predicted octanol–water partition coefficient (Wildman–Crippen LogP) is 2.26. The van der Waals surface area contributed by atoms with Crippen LogP contribution in [0.3, 0.4) is 0 Å². The van der Waals surface area contributed by atoms with E-state index in [1.165, 1.54) is 0 Å². The molecule has 0 aliphatic heterocycles. The molecule has 0 radical (unpaired) electrons. The van der Waals surface area contributed by atoms with Crippen molar-refractivity contribution in [1.29, 1.82) is 0 Å². The molecule has 0 aromatic carbocycles. The molecule has 1 aromatic rings. The normalized spacial score (nSPS) is 26.8. The zero-order chi connectivity index (χ0) is 12.3. The number of aromatic nitrogens is 1. The molecule has 0 saturated heterocycles. The van der Waals surface area contributed by atoms with Crippen molar-refractivity contribution in [3.63, 3.8) is 0 Å². The molecule has 1 heterocycles. The zero-order valence-corrected chi connectivity index (χ0v) is 9.63. The van der Waals surface area contributed by atoms with Crippen LogP contribution >= 0.6 is 11.6 Å². The number of anilines is 1. The summed E-state index contributed by atoms with van der Waals surface area (Å²) >= 11 is 6.32. The lowest BCUT2D eigenvalue weighted by Gasteiger charge is -2.31. The second kappa shape index (κ2) is 4.59. The highest BCUT2D eigenvalue weighted by molar-refractivity contribution is 6.28. The Morgan fingerprint density at radius 3 is 2.76 bits per heavy atom. The Balaban J connectivity index is 2.25. The Hall–Kier alpha value is -1.81. The minimum atomic E-state index is -1.15. The molecule has 5 heteroatoms. The molecule has 0 saturated carbocycles. The highest BCUT2D eigenvalue weighted by atomic mass is 35.5. The first-order valence-corrected chi connectivity index (χ1v) is 5.45. The number of pyridine rings is 1. The van der Waals surface area contributed by atoms with E-state index in [4.69, 9.17) is 16.7 Å². The maximum atomic E-state index is 11.1. The average Bonchev–Trinajstić information content (AvgIpc) is 2.30. The van der Waals surface area contributed by atoms with Crippen molar-refractivity contribution in [2.75, 3.05) is 5.32 Å². The first kappa shape index (κ1) is 11.7. The highest BCUT2D eigenvalue weighted by Crippen LogP contribution is 2.32. The van der Waals surface area contributed by atoms with Gasteiger partial charge in [-0.25, -0.2) is 0 Å². The fraction of sp³-hybridized carbons (Fsp3) is 0.167. The van der Waals surface area contributed by atoms with Gasteiger partial charge >= 0.3 is 5.97 Å². The first-order valence-electron chi connectivity index (χ1n) is 5.08. The molecule has 1 aliphatic rings. The number of nitrogens with zero attached hydrogens (tertiary/aromatic N) is 1. The number of hydrogen-bond acceptors (Lipinski definition) is 3. The number of aliphatic carboxylic acids is 1. The van der Waals surface area contributed by atoms with Crippen LogP contribution in [0.2, 0.25) is 0 Å². The van der Waals surface area contributed by atoms with Gasteiger partial charge in [0.05, 0.1) is 0 Å². The number of nitrogens with one attached hydrogen (secondary N) is 1. The van der Waals surface area contributed by atoms with Gasteiger partial charge in [-0.3, -0.25) is 9.78 Å². The molecule has 88 valence electrons. The molecule has 2 N–H and O–H groups in total. The smallest absolute Gasteiger partial charge is 0.314 e. The van der Waals surface area contributed by atoms with E-state index >= 15 is 0 Å². The largest absolute Gasteiger partial charge is 0.481 e. The van der Waals surface area contributed by atoms with Crippen molar-refractivity contribution in [1.82, 2.24) is 4.98 Å². The van der Waals surface area contributed by atoms with Gasteiger partial charge in [0, 0.05) is 18.1 Å². The maximum absolute atomic E-state index is 11.1. The van der Waals surface area contributed by atoms with E-state index in [0.29, 0.717) is 0 Å². The zero-order valence-electron chi connectivity index (χ0n) is 8.88. The van der Waals surface area contributed by atoms with Gasteiger partial charge < -0.3 is 10.4 Å². The molecule has 0 amide bonds. The van der Waals surface area contributed by atoms with Gasteiger partial charge in [0.25, 0.3) is 0 Å². The second-order valence-corrected chi connectivity index (χ2v) is 4.31. The Labute approximate surface area is 104 Å². The van der Waals surface area contributed by atoms with E-state index in [0.717, 1.165) is 5.69 Å². The SMILES string of the molecule is O=C(O)C1C=CC=CC1(Cl)Nc1ccncc1. The van der Waals surface area contributed by atoms with Crippen LogP contribution in [0.15, 0.2) is 48.8 Å². The first-order chi connectivity index (χ1) is 8.12. The van der Waals surface area contributed by atoms with Crippen molar-refractivity contribution in [2.45, 2.75) is 5.00 Å². The molecule has 2 rings (SSSR count). The van der Waals surface area contributed by atoms with Gasteiger partial charge in [-0.15, -0.1) is 0 Å². The summed E-state index contributed by atoms with van der Waals surface area (Å²) in [7, 11) is 0. The van der Waals surface area contributed by atoms with Gasteiger partial charge in [-0.1, -0.05) is 29.8 Å². The summed E-state index contributed by atoms with van der Waals surface area (Å²) in [6.45, 7) is 0. The summed E-state index contributed by atoms with van der Waals surface area (Å²) < 4.78 is 0. The average molecular weight is 251 g/mol. The van der Waals surface area contributed by atoms with Crippen molar-refractivity contribution < 1.29 is 9.90 Å². The van der Waals surface area contributed by atoms with Crippen LogP contribution in [0.1, 0.15) is 0 Å². The second-order valence-electron chi connectivity index (χ2n) is 3.69. The summed E-state index contributed by atoms with van der Waals surface area (Å²) in [6, 6.07) is 3.46. The lowest BCUT2D eigenvalue weighted by Crippen LogP contribution is -2.42. The number of hydrogen-bond donors (Lipinski definition) is 2. The fourth-order valence-corrected chi connectivity index (χ4v) is 2.00. The molecule has 1 aliphatic carbocycles. The van der Waals surface area contributed by atoms with Crippen molar-refractivity contribution in [3.8, 4) is 0 Å². The minimum Gasteiger partial charge on any atom is -0.481 e. The van der Waals surface area contributed by atoms with E-state index in [9.17, 15) is 4.79 Å². The summed E-state index contributed by atoms with van der Waals surface area (Å²) in [5.74, 6) is -1.79. The van der Waals surface area contributed by atoms with E-state index < -0.39 is 16.9 Å². The van der Waals surface area contributed by atoms with E-state index in [-0.39, 0.29) is 0 Å². The predicted molar refractivity (Wildman–Crippen MR) is 65.8 cm³/mol. The minimum absolute atomic E-state index is 0.723. The highest BCUT2D eigenvalue weighted by Gasteiger charge is 2.39. The number of carboxylic acid groups (broad SMARTS) is 1. The summed E-state index contributed by atoms with van der Waals surface area (Å²) in [6.07, 6.45) is 9.81. The van der Waals surface area contributed by atoms with Crippen molar-refractivity contribution in [3.05, 3.63) is 48.8 Å². The van der Waals surface area contributed by atoms with E-state index in [1.54, 1.807) is 48.8 Å². The molecule has 0 spiro atoms. The van der Waals surface area contributed by atoms with Gasteiger partial charge in [-0.05, 0) is 18.2 Å². The Morgan fingerprint density at radius 1 is 1.41 bits per heavy atom. The van der Waals surface area contributed by atoms with Crippen molar-refractivity contribution in [2.24, 2.45) is 5.92 Å². The lowest BCUT2D eigenvalue weighted by molar-refractivity contribution is -0.140. The third kappa shape index (κ3) is 2.47. The van der Waals surface area contributed by atoms with Crippen LogP contribution < -0.4 is 5.32 Å². The molecule has 17 heavy (non-hydrogen) atoms. The van der Waals surface area contributed by atoms with E-state index in [2.05, 4.69) is 10.3 Å². The van der Waals surface area contributed by atoms with Gasteiger partial charge in [0.2, 0.25) is 0 Å². The third-order valence-electron chi connectivity index (χ3n) is 2.49. The van der Waals surface area contributed by atoms with Gasteiger partial charge in [-0.2, -0.15) is 0 Å². The van der Waals surface area contributed by atoms with Crippen LogP contribution in [0.4, 0.5) is 5.69 Å². The van der Waals surface area contributed by atoms with Crippen LogP contribution in [0.25, 0.3) is 0 Å². The van der Waals surface area contributed by atoms with E-state index in [1.807, 2.05) is 0 Å². The molecular weight excluding hydrogens is 240 g/mol. The van der Waals surface area contributed by atoms with Crippen LogP contribution in [0, 0.1) is 5.92 Å². The lowest BCUT2D eigenvalue weighted by atomic mass is 9.94. The molecule has 0 bridgehead atoms. The maximum Gasteiger partial charge on any atom is 0.314 e. The molecule has 2 atom stereocenters. The van der Waals surface area contributed by atoms with Gasteiger partial charge in [0.1, 0.15) is 10.9 Å². The van der Waals surface area contributed by atoms with Gasteiger partial charge in [0.15, 0.2) is 0 Å². The molecule has 2 unspecified atom stereocenters. The topological polar surface area (TPSA) is 62.2 Å². The summed E-state index contributed by atoms with van der Waals surface area (Å²) in [5.41, 5.74) is 0.723. The monoisotopic (exact) mass is 250 g/mol. The van der Waals surface area contributed by atoms with Crippen LogP contribution in [0.5, 0.6) is 0 Å². The van der Waals surface area contributed by atoms with Crippen molar-refractivity contribution >= 4 is 23.3 Å². The number of carbonyl (C=O) groups is 1. The Kier molecular flexibility index (Phi) is 3.15. The van der Waals surface area contributed by atoms with Crippen LogP contribution in [-0.2, 0) is 4.79 Å². The van der Waals surface area contributed by atoms with Crippen LogP contribution in [-0.4, -0.2) is 21.1 Å². The number of alkyl halides is 1. The summed E-state index contributed by atoms with van der Waals surface area (Å²) in [5, 5.41) is 12.1. The third-order valence-corrected chi connectivity index (χ3v) is 2.94. The number of rotatable bonds is 3. The molecule has 1 aromatic heterocycles. The summed E-state index contributed by atoms with van der Waals surface area (Å²) in [4.78, 5) is 13.9. The Bertz CT molecular complexity index is 473. The Morgan fingerprint density at radius 2 is 2.12 bits per heavy atom. The fourth-order valence-electron chi connectivity index (χ4n) is 1.65. The number of carboxylic acids is 1. The molecular formula is C12H11ClN2O2. The molecule has 4 nitrogen and oxygen atoms in total. The number of halogens is 1. The quantitative estimate of drug-likeness (QED) is 0.638. The standard InChI is InChI=1S/C12H11ClN2O2/c13-12(15-9-4-7-14-8-5-9)6-2-1-3-10(12)11(16)17/h1-8,10H,(H,14,15)(H,16,17).